The van der Waals surface area contributed by atoms with Crippen molar-refractivity contribution in [2.45, 2.75) is 326 Å². The summed E-state index contributed by atoms with van der Waals surface area (Å²) in [5.41, 5.74) is 0. The summed E-state index contributed by atoms with van der Waals surface area (Å²) in [7, 11) is 0. The van der Waals surface area contributed by atoms with Crippen LogP contribution in [-0.4, -0.2) is 87.5 Å². The van der Waals surface area contributed by atoms with Gasteiger partial charge in [0.25, 0.3) is 0 Å². The highest BCUT2D eigenvalue weighted by Crippen LogP contribution is 2.23. The predicted octanol–water partition coefficient (Wildman–Crippen LogP) is 14.2. The number of ether oxygens (including phenoxy) is 2. The van der Waals surface area contributed by atoms with E-state index in [1.54, 1.807) is 6.08 Å². The Hall–Kier alpha value is -1.33. The summed E-state index contributed by atoms with van der Waals surface area (Å²) in [4.78, 5) is 13.1. The Morgan fingerprint density at radius 1 is 0.493 bits per heavy atom. The van der Waals surface area contributed by atoms with Gasteiger partial charge in [-0.2, -0.15) is 0 Å². The van der Waals surface area contributed by atoms with E-state index < -0.39 is 49.5 Å². The van der Waals surface area contributed by atoms with Gasteiger partial charge in [0.2, 0.25) is 5.91 Å². The molecular formula is C58H111NO8. The van der Waals surface area contributed by atoms with Gasteiger partial charge >= 0.3 is 0 Å². The average molecular weight is 951 g/mol. The second kappa shape index (κ2) is 48.3. The molecule has 9 nitrogen and oxygen atoms in total. The van der Waals surface area contributed by atoms with Crippen LogP contribution in [0.3, 0.4) is 0 Å². The van der Waals surface area contributed by atoms with Gasteiger partial charge in [-0.25, -0.2) is 0 Å². The lowest BCUT2D eigenvalue weighted by Crippen LogP contribution is -2.60. The Labute approximate surface area is 413 Å². The largest absolute Gasteiger partial charge is 0.394 e. The highest BCUT2D eigenvalue weighted by atomic mass is 16.7. The number of hydrogen-bond donors (Lipinski definition) is 6. The first-order valence-electron chi connectivity index (χ1n) is 29.1. The summed E-state index contributed by atoms with van der Waals surface area (Å²) in [5.74, 6) is -0.172. The van der Waals surface area contributed by atoms with Gasteiger partial charge in [-0.15, -0.1) is 0 Å². The van der Waals surface area contributed by atoms with Crippen molar-refractivity contribution in [1.82, 2.24) is 5.32 Å². The number of unbranched alkanes of at least 4 members (excludes halogenated alkanes) is 38. The Kier molecular flexibility index (Phi) is 45.9. The minimum atomic E-state index is -1.56. The van der Waals surface area contributed by atoms with E-state index in [-0.39, 0.29) is 12.5 Å². The minimum absolute atomic E-state index is 0.172. The van der Waals surface area contributed by atoms with E-state index in [4.69, 9.17) is 9.47 Å². The standard InChI is InChI=1S/C58H111NO8/c1-3-5-7-9-11-13-15-17-19-21-22-23-24-25-26-27-28-29-30-32-34-36-38-40-42-44-46-48-54(62)59-51(50-66-58-57(65)56(64)55(63)53(49-60)67-58)52(61)47-45-43-41-39-37-35-33-31-20-18-16-14-12-10-8-6-4-2/h21-22,45,47,51-53,55-58,60-61,63-65H,3-20,23-44,46,48-50H2,1-2H3,(H,59,62)/b22-21-,47-45+. The average Bonchev–Trinajstić information content (AvgIpc) is 3.33. The molecule has 1 amide bonds. The van der Waals surface area contributed by atoms with Crippen LogP contribution in [0.4, 0.5) is 0 Å². The molecule has 1 saturated heterocycles. The van der Waals surface area contributed by atoms with E-state index in [2.05, 4.69) is 31.3 Å². The van der Waals surface area contributed by atoms with Gasteiger partial charge in [0.15, 0.2) is 6.29 Å². The second-order valence-electron chi connectivity index (χ2n) is 20.4. The number of allylic oxidation sites excluding steroid dienone is 3. The first kappa shape index (κ1) is 63.7. The molecule has 0 aliphatic carbocycles. The Morgan fingerprint density at radius 3 is 1.21 bits per heavy atom. The van der Waals surface area contributed by atoms with Crippen LogP contribution < -0.4 is 5.32 Å². The number of carbonyl (C=O) groups excluding carboxylic acids is 1. The summed E-state index contributed by atoms with van der Waals surface area (Å²) >= 11 is 0. The highest BCUT2D eigenvalue weighted by Gasteiger charge is 2.44. The molecule has 0 spiro atoms. The quantitative estimate of drug-likeness (QED) is 0.0261. The molecule has 9 heteroatoms. The van der Waals surface area contributed by atoms with Crippen LogP contribution in [-0.2, 0) is 14.3 Å². The SMILES string of the molecule is CCCCCCCCCC/C=C\CCCCCCCCCCCCCCCCCC(=O)NC(COC1OC(CO)C(O)C(O)C1O)C(O)/C=C/CCCCCCCCCCCCCCCCC. The van der Waals surface area contributed by atoms with Gasteiger partial charge in [-0.05, 0) is 44.9 Å². The first-order chi connectivity index (χ1) is 32.8. The van der Waals surface area contributed by atoms with Gasteiger partial charge in [0, 0.05) is 6.42 Å². The maximum Gasteiger partial charge on any atom is 0.220 e. The van der Waals surface area contributed by atoms with Gasteiger partial charge in [-0.1, -0.05) is 256 Å². The maximum atomic E-state index is 13.1. The van der Waals surface area contributed by atoms with Crippen molar-refractivity contribution >= 4 is 5.91 Å². The fraction of sp³-hybridized carbons (Fsp3) is 0.914. The Balaban J connectivity index is 2.19. The van der Waals surface area contributed by atoms with E-state index in [1.165, 1.54) is 225 Å². The molecule has 396 valence electrons. The smallest absolute Gasteiger partial charge is 0.220 e. The number of nitrogens with one attached hydrogen (secondary N) is 1. The Bertz CT molecular complexity index is 1100. The van der Waals surface area contributed by atoms with Crippen molar-refractivity contribution in [3.8, 4) is 0 Å². The van der Waals surface area contributed by atoms with E-state index in [1.807, 2.05) is 6.08 Å². The molecule has 1 heterocycles. The number of hydrogen-bond acceptors (Lipinski definition) is 8. The zero-order chi connectivity index (χ0) is 48.7. The third-order valence-corrected chi connectivity index (χ3v) is 14.0. The fourth-order valence-corrected chi connectivity index (χ4v) is 9.39. The molecular weight excluding hydrogens is 839 g/mol. The summed E-state index contributed by atoms with van der Waals surface area (Å²) in [6.07, 6.45) is 53.9. The number of aliphatic hydroxyl groups is 5. The van der Waals surface area contributed by atoms with Crippen molar-refractivity contribution in [1.29, 1.82) is 0 Å². The molecule has 0 aromatic carbocycles. The lowest BCUT2D eigenvalue weighted by atomic mass is 9.99. The van der Waals surface area contributed by atoms with Crippen LogP contribution in [0.15, 0.2) is 24.3 Å². The van der Waals surface area contributed by atoms with E-state index in [0.717, 1.165) is 38.5 Å². The van der Waals surface area contributed by atoms with Gasteiger partial charge in [0.1, 0.15) is 24.4 Å². The van der Waals surface area contributed by atoms with Gasteiger partial charge in [-0.3, -0.25) is 4.79 Å². The molecule has 0 aromatic rings. The topological polar surface area (TPSA) is 149 Å². The van der Waals surface area contributed by atoms with E-state index >= 15 is 0 Å². The molecule has 7 atom stereocenters. The molecule has 67 heavy (non-hydrogen) atoms. The molecule has 7 unspecified atom stereocenters. The van der Waals surface area contributed by atoms with Crippen LogP contribution in [0.25, 0.3) is 0 Å². The monoisotopic (exact) mass is 950 g/mol. The number of rotatable bonds is 50. The third-order valence-electron chi connectivity index (χ3n) is 14.0. The molecule has 1 aliphatic heterocycles. The van der Waals surface area contributed by atoms with Crippen molar-refractivity contribution in [2.24, 2.45) is 0 Å². The van der Waals surface area contributed by atoms with Crippen molar-refractivity contribution in [3.05, 3.63) is 24.3 Å². The fourth-order valence-electron chi connectivity index (χ4n) is 9.39. The molecule has 1 fully saturated rings. The van der Waals surface area contributed by atoms with Crippen molar-refractivity contribution in [3.63, 3.8) is 0 Å². The van der Waals surface area contributed by atoms with Crippen LogP contribution in [0.5, 0.6) is 0 Å². The zero-order valence-corrected chi connectivity index (χ0v) is 43.9. The maximum absolute atomic E-state index is 13.1. The van der Waals surface area contributed by atoms with Crippen molar-refractivity contribution in [2.75, 3.05) is 13.2 Å². The lowest BCUT2D eigenvalue weighted by Gasteiger charge is -2.40. The predicted molar refractivity (Wildman–Crippen MR) is 281 cm³/mol. The van der Waals surface area contributed by atoms with Crippen LogP contribution in [0.2, 0.25) is 0 Å². The first-order valence-corrected chi connectivity index (χ1v) is 29.1. The normalized spacial score (nSPS) is 19.8. The summed E-state index contributed by atoms with van der Waals surface area (Å²) < 4.78 is 11.3. The third kappa shape index (κ3) is 38.1. The molecule has 0 saturated carbocycles. The molecule has 0 bridgehead atoms. The summed E-state index contributed by atoms with van der Waals surface area (Å²) in [6, 6.07) is -0.802. The molecule has 1 aliphatic rings. The second-order valence-corrected chi connectivity index (χ2v) is 20.4. The van der Waals surface area contributed by atoms with Crippen LogP contribution in [0.1, 0.15) is 284 Å². The van der Waals surface area contributed by atoms with Crippen molar-refractivity contribution < 1.29 is 39.8 Å². The van der Waals surface area contributed by atoms with Gasteiger partial charge < -0.3 is 40.3 Å². The zero-order valence-electron chi connectivity index (χ0n) is 43.9. The molecule has 0 radical (unpaired) electrons. The molecule has 1 rings (SSSR count). The number of amides is 1. The Morgan fingerprint density at radius 2 is 0.836 bits per heavy atom. The highest BCUT2D eigenvalue weighted by molar-refractivity contribution is 5.76. The van der Waals surface area contributed by atoms with Gasteiger partial charge in [0.05, 0.1) is 25.4 Å². The molecule has 0 aromatic heterocycles. The summed E-state index contributed by atoms with van der Waals surface area (Å²) in [6.45, 7) is 3.81. The summed E-state index contributed by atoms with van der Waals surface area (Å²) in [5, 5.41) is 54.5. The number of carbonyl (C=O) groups is 1. The van der Waals surface area contributed by atoms with E-state index in [9.17, 15) is 30.3 Å². The molecule has 6 N–H and O–H groups in total. The van der Waals surface area contributed by atoms with Crippen LogP contribution >= 0.6 is 0 Å². The lowest BCUT2D eigenvalue weighted by molar-refractivity contribution is -0.302. The van der Waals surface area contributed by atoms with E-state index in [0.29, 0.717) is 6.42 Å². The minimum Gasteiger partial charge on any atom is -0.394 e. The number of aliphatic hydroxyl groups excluding tert-OH is 5. The van der Waals surface area contributed by atoms with Crippen LogP contribution in [0, 0.1) is 0 Å².